The van der Waals surface area contributed by atoms with E-state index in [-0.39, 0.29) is 0 Å². The van der Waals surface area contributed by atoms with Crippen molar-refractivity contribution >= 4 is 45.8 Å². The second kappa shape index (κ2) is 4.81. The quantitative estimate of drug-likeness (QED) is 0.570. The molecular formula is C10H6Cl2IN3. The second-order valence-electron chi connectivity index (χ2n) is 3.07. The Balaban J connectivity index is 2.62. The van der Waals surface area contributed by atoms with Crippen molar-refractivity contribution in [1.29, 1.82) is 0 Å². The van der Waals surface area contributed by atoms with Gasteiger partial charge in [0.05, 0.1) is 14.3 Å². The van der Waals surface area contributed by atoms with Crippen molar-refractivity contribution in [3.63, 3.8) is 0 Å². The van der Waals surface area contributed by atoms with Gasteiger partial charge in [-0.25, -0.2) is 9.97 Å². The summed E-state index contributed by atoms with van der Waals surface area (Å²) in [4.78, 5) is 12.6. The molecule has 0 spiro atoms. The van der Waals surface area contributed by atoms with Gasteiger partial charge in [-0.2, -0.15) is 0 Å². The molecule has 0 aliphatic heterocycles. The molecule has 0 amide bonds. The first-order valence-electron chi connectivity index (χ1n) is 4.40. The fourth-order valence-electron chi connectivity index (χ4n) is 1.18. The summed E-state index contributed by atoms with van der Waals surface area (Å²) in [6.45, 7) is 1.87. The highest BCUT2D eigenvalue weighted by Crippen LogP contribution is 2.26. The van der Waals surface area contributed by atoms with Crippen molar-refractivity contribution in [2.45, 2.75) is 6.92 Å². The molecule has 0 saturated carbocycles. The van der Waals surface area contributed by atoms with Gasteiger partial charge in [-0.3, -0.25) is 4.98 Å². The highest BCUT2D eigenvalue weighted by Gasteiger charge is 2.12. The van der Waals surface area contributed by atoms with Crippen LogP contribution in [0.4, 0.5) is 0 Å². The number of rotatable bonds is 1. The molecular weight excluding hydrogens is 360 g/mol. The van der Waals surface area contributed by atoms with Crippen LogP contribution in [0.25, 0.3) is 11.5 Å². The average molecular weight is 366 g/mol. The van der Waals surface area contributed by atoms with Crippen LogP contribution in [0, 0.1) is 10.5 Å². The molecule has 0 atom stereocenters. The smallest absolute Gasteiger partial charge is 0.181 e. The molecule has 82 valence electrons. The predicted octanol–water partition coefficient (Wildman–Crippen LogP) is 3.76. The zero-order valence-electron chi connectivity index (χ0n) is 8.21. The molecule has 3 nitrogen and oxygen atoms in total. The molecule has 0 radical (unpaired) electrons. The van der Waals surface area contributed by atoms with Gasteiger partial charge in [0.15, 0.2) is 5.82 Å². The first-order valence-corrected chi connectivity index (χ1v) is 6.23. The van der Waals surface area contributed by atoms with Crippen LogP contribution in [0.5, 0.6) is 0 Å². The van der Waals surface area contributed by atoms with Crippen molar-refractivity contribution in [3.8, 4) is 11.5 Å². The van der Waals surface area contributed by atoms with Crippen molar-refractivity contribution in [2.75, 3.05) is 0 Å². The highest BCUT2D eigenvalue weighted by atomic mass is 127. The molecule has 0 N–H and O–H groups in total. The largest absolute Gasteiger partial charge is 0.251 e. The lowest BCUT2D eigenvalue weighted by molar-refractivity contribution is 1.07. The third kappa shape index (κ3) is 2.28. The highest BCUT2D eigenvalue weighted by molar-refractivity contribution is 14.1. The van der Waals surface area contributed by atoms with Gasteiger partial charge in [-0.15, -0.1) is 0 Å². The molecule has 0 aliphatic rings. The summed E-state index contributed by atoms with van der Waals surface area (Å²) in [5.41, 5.74) is 1.36. The number of aromatic nitrogens is 3. The minimum absolute atomic E-state index is 0.421. The Hall–Kier alpha value is -0.460. The van der Waals surface area contributed by atoms with Gasteiger partial charge in [0.1, 0.15) is 10.8 Å². The lowest BCUT2D eigenvalue weighted by Crippen LogP contribution is -1.98. The number of halogens is 3. The number of pyridine rings is 1. The van der Waals surface area contributed by atoms with E-state index in [2.05, 4.69) is 37.5 Å². The van der Waals surface area contributed by atoms with Gasteiger partial charge in [-0.1, -0.05) is 23.2 Å². The minimum atomic E-state index is 0.421. The van der Waals surface area contributed by atoms with Gasteiger partial charge in [-0.05, 0) is 41.6 Å². The topological polar surface area (TPSA) is 38.7 Å². The molecule has 0 saturated heterocycles. The normalized spacial score (nSPS) is 10.5. The van der Waals surface area contributed by atoms with Crippen LogP contribution in [-0.2, 0) is 0 Å². The van der Waals surface area contributed by atoms with E-state index in [0.717, 1.165) is 9.26 Å². The number of aryl methyl sites for hydroxylation is 1. The first-order chi connectivity index (χ1) is 7.59. The Morgan fingerprint density at radius 3 is 2.62 bits per heavy atom. The van der Waals surface area contributed by atoms with E-state index in [1.807, 2.05) is 6.92 Å². The zero-order chi connectivity index (χ0) is 11.7. The Kier molecular flexibility index (Phi) is 3.61. The van der Waals surface area contributed by atoms with E-state index in [9.17, 15) is 0 Å². The standard InChI is InChI=1S/C10H6Cl2IN3/c1-5-7(13)9(12)16-10(15-5)8-6(11)3-2-4-14-8/h2-4H,1H3. The summed E-state index contributed by atoms with van der Waals surface area (Å²) in [6, 6.07) is 3.50. The number of hydrogen-bond donors (Lipinski definition) is 0. The van der Waals surface area contributed by atoms with Gasteiger partial charge >= 0.3 is 0 Å². The lowest BCUT2D eigenvalue weighted by Gasteiger charge is -2.05. The molecule has 2 heterocycles. The Labute approximate surface area is 116 Å². The number of hydrogen-bond acceptors (Lipinski definition) is 3. The predicted molar refractivity (Wildman–Crippen MR) is 72.7 cm³/mol. The van der Waals surface area contributed by atoms with Crippen molar-refractivity contribution < 1.29 is 0 Å². The van der Waals surface area contributed by atoms with Crippen LogP contribution in [0.1, 0.15) is 5.69 Å². The second-order valence-corrected chi connectivity index (χ2v) is 4.92. The van der Waals surface area contributed by atoms with Crippen LogP contribution in [0.3, 0.4) is 0 Å². The van der Waals surface area contributed by atoms with Gasteiger partial charge in [0.2, 0.25) is 0 Å². The van der Waals surface area contributed by atoms with Crippen molar-refractivity contribution in [3.05, 3.63) is 37.8 Å². The summed E-state index contributed by atoms with van der Waals surface area (Å²) in [5.74, 6) is 0.452. The fourth-order valence-corrected chi connectivity index (χ4v) is 1.84. The maximum absolute atomic E-state index is 6.02. The van der Waals surface area contributed by atoms with E-state index >= 15 is 0 Å². The Bertz CT molecular complexity index is 522. The van der Waals surface area contributed by atoms with E-state index in [1.54, 1.807) is 18.3 Å². The zero-order valence-corrected chi connectivity index (χ0v) is 11.9. The lowest BCUT2D eigenvalue weighted by atomic mass is 10.3. The van der Waals surface area contributed by atoms with Crippen LogP contribution in [-0.4, -0.2) is 15.0 Å². The van der Waals surface area contributed by atoms with E-state index < -0.39 is 0 Å². The molecule has 2 rings (SSSR count). The molecule has 0 unspecified atom stereocenters. The van der Waals surface area contributed by atoms with Crippen molar-refractivity contribution in [1.82, 2.24) is 15.0 Å². The third-order valence-corrected chi connectivity index (χ3v) is 4.14. The molecule has 0 aromatic carbocycles. The summed E-state index contributed by atoms with van der Waals surface area (Å²) < 4.78 is 0.843. The molecule has 6 heteroatoms. The first kappa shape index (κ1) is 12.0. The van der Waals surface area contributed by atoms with E-state index in [0.29, 0.717) is 21.7 Å². The van der Waals surface area contributed by atoms with Gasteiger partial charge in [0.25, 0.3) is 0 Å². The molecule has 2 aromatic heterocycles. The molecule has 2 aromatic rings. The fraction of sp³-hybridized carbons (Fsp3) is 0.100. The van der Waals surface area contributed by atoms with Crippen molar-refractivity contribution in [2.24, 2.45) is 0 Å². The Morgan fingerprint density at radius 2 is 2.00 bits per heavy atom. The molecule has 0 bridgehead atoms. The third-order valence-electron chi connectivity index (χ3n) is 1.95. The van der Waals surface area contributed by atoms with E-state index in [1.165, 1.54) is 0 Å². The summed E-state index contributed by atoms with van der Waals surface area (Å²) >= 11 is 14.1. The van der Waals surface area contributed by atoms with Gasteiger partial charge < -0.3 is 0 Å². The van der Waals surface area contributed by atoms with Crippen LogP contribution >= 0.6 is 45.8 Å². The van der Waals surface area contributed by atoms with E-state index in [4.69, 9.17) is 23.2 Å². The van der Waals surface area contributed by atoms with Crippen LogP contribution in [0.2, 0.25) is 10.2 Å². The van der Waals surface area contributed by atoms with Crippen LogP contribution in [0.15, 0.2) is 18.3 Å². The summed E-state index contributed by atoms with van der Waals surface area (Å²) in [6.07, 6.45) is 1.64. The maximum atomic E-state index is 6.02. The Morgan fingerprint density at radius 1 is 1.25 bits per heavy atom. The summed E-state index contributed by atoms with van der Waals surface area (Å²) in [7, 11) is 0. The molecule has 0 fully saturated rings. The maximum Gasteiger partial charge on any atom is 0.181 e. The monoisotopic (exact) mass is 365 g/mol. The van der Waals surface area contributed by atoms with Crippen LogP contribution < -0.4 is 0 Å². The SMILES string of the molecule is Cc1nc(-c2ncccc2Cl)nc(Cl)c1I. The average Bonchev–Trinajstić information content (AvgIpc) is 2.26. The summed E-state index contributed by atoms with van der Waals surface area (Å²) in [5, 5.41) is 0.934. The number of nitrogens with zero attached hydrogens (tertiary/aromatic N) is 3. The minimum Gasteiger partial charge on any atom is -0.251 e. The molecule has 16 heavy (non-hydrogen) atoms. The molecule has 0 aliphatic carbocycles. The van der Waals surface area contributed by atoms with Gasteiger partial charge in [0, 0.05) is 6.20 Å².